The Morgan fingerprint density at radius 3 is 1.56 bits per heavy atom. The number of ether oxygens (including phenoxy) is 2. The van der Waals surface area contributed by atoms with Crippen LogP contribution in [0.1, 0.15) is 39.5 Å². The van der Waals surface area contributed by atoms with Gasteiger partial charge in [-0.15, -0.1) is 0 Å². The number of rotatable bonds is 8. The molecule has 0 aromatic rings. The molecule has 0 radical (unpaired) electrons. The SMILES string of the molecule is CCCC(N)OC(=O)/C=C/C(=O)OC(N)CCC. The summed E-state index contributed by atoms with van der Waals surface area (Å²) in [6, 6.07) is 0. The van der Waals surface area contributed by atoms with Gasteiger partial charge in [0.2, 0.25) is 0 Å². The summed E-state index contributed by atoms with van der Waals surface area (Å²) in [5.41, 5.74) is 11.0. The van der Waals surface area contributed by atoms with Gasteiger partial charge in [0.15, 0.2) is 12.5 Å². The zero-order valence-electron chi connectivity index (χ0n) is 10.9. The van der Waals surface area contributed by atoms with Crippen LogP contribution in [0.15, 0.2) is 12.2 Å². The maximum Gasteiger partial charge on any atom is 0.332 e. The average Bonchev–Trinajstić information content (AvgIpc) is 2.27. The van der Waals surface area contributed by atoms with Crippen LogP contribution in [0.5, 0.6) is 0 Å². The van der Waals surface area contributed by atoms with E-state index in [0.717, 1.165) is 25.0 Å². The first-order valence-corrected chi connectivity index (χ1v) is 6.10. The van der Waals surface area contributed by atoms with E-state index in [1.165, 1.54) is 0 Å². The van der Waals surface area contributed by atoms with Crippen molar-refractivity contribution < 1.29 is 19.1 Å². The van der Waals surface area contributed by atoms with E-state index < -0.39 is 24.4 Å². The Hall–Kier alpha value is -1.40. The number of hydrogen-bond donors (Lipinski definition) is 2. The quantitative estimate of drug-likeness (QED) is 0.379. The largest absolute Gasteiger partial charge is 0.444 e. The van der Waals surface area contributed by atoms with Gasteiger partial charge in [-0.3, -0.25) is 11.5 Å². The average molecular weight is 258 g/mol. The van der Waals surface area contributed by atoms with Crippen molar-refractivity contribution in [1.82, 2.24) is 0 Å². The highest BCUT2D eigenvalue weighted by Gasteiger charge is 2.08. The summed E-state index contributed by atoms with van der Waals surface area (Å²) in [6.07, 6.45) is 3.44. The first-order valence-electron chi connectivity index (χ1n) is 6.10. The number of carbonyl (C=O) groups excluding carboxylic acids is 2. The van der Waals surface area contributed by atoms with Crippen LogP contribution in [0.25, 0.3) is 0 Å². The van der Waals surface area contributed by atoms with Crippen LogP contribution in [0.2, 0.25) is 0 Å². The fourth-order valence-corrected chi connectivity index (χ4v) is 1.20. The number of nitrogens with two attached hydrogens (primary N) is 2. The Labute approximate surface area is 107 Å². The summed E-state index contributed by atoms with van der Waals surface area (Å²) in [6.45, 7) is 3.85. The van der Waals surface area contributed by atoms with E-state index in [-0.39, 0.29) is 0 Å². The molecule has 4 N–H and O–H groups in total. The topological polar surface area (TPSA) is 105 Å². The van der Waals surface area contributed by atoms with Crippen LogP contribution in [0.3, 0.4) is 0 Å². The van der Waals surface area contributed by atoms with Crippen molar-refractivity contribution in [3.05, 3.63) is 12.2 Å². The lowest BCUT2D eigenvalue weighted by Gasteiger charge is -2.10. The third-order valence-corrected chi connectivity index (χ3v) is 2.04. The van der Waals surface area contributed by atoms with Crippen LogP contribution < -0.4 is 11.5 Å². The fourth-order valence-electron chi connectivity index (χ4n) is 1.20. The Kier molecular flexibility index (Phi) is 8.86. The van der Waals surface area contributed by atoms with Crippen LogP contribution in [0.4, 0.5) is 0 Å². The van der Waals surface area contributed by atoms with E-state index in [4.69, 9.17) is 20.9 Å². The van der Waals surface area contributed by atoms with Crippen molar-refractivity contribution in [2.75, 3.05) is 0 Å². The normalized spacial score (nSPS) is 14.2. The molecule has 0 aromatic heterocycles. The predicted molar refractivity (Wildman–Crippen MR) is 67.1 cm³/mol. The van der Waals surface area contributed by atoms with Gasteiger partial charge in [-0.25, -0.2) is 9.59 Å². The van der Waals surface area contributed by atoms with Crippen molar-refractivity contribution in [2.24, 2.45) is 11.5 Å². The van der Waals surface area contributed by atoms with Crippen molar-refractivity contribution in [1.29, 1.82) is 0 Å². The van der Waals surface area contributed by atoms with Crippen LogP contribution >= 0.6 is 0 Å². The highest BCUT2D eigenvalue weighted by atomic mass is 16.6. The third kappa shape index (κ3) is 8.72. The summed E-state index contributed by atoms with van der Waals surface area (Å²) >= 11 is 0. The molecule has 0 bridgehead atoms. The molecule has 104 valence electrons. The molecule has 0 fully saturated rings. The molecule has 0 saturated carbocycles. The molecule has 0 amide bonds. The van der Waals surface area contributed by atoms with Crippen LogP contribution in [0, 0.1) is 0 Å². The van der Waals surface area contributed by atoms with Crippen molar-refractivity contribution in [3.8, 4) is 0 Å². The molecule has 0 aliphatic rings. The van der Waals surface area contributed by atoms with Gasteiger partial charge in [0.1, 0.15) is 0 Å². The van der Waals surface area contributed by atoms with E-state index in [2.05, 4.69) is 0 Å². The molecule has 0 aliphatic heterocycles. The lowest BCUT2D eigenvalue weighted by Crippen LogP contribution is -2.27. The minimum Gasteiger partial charge on any atom is -0.444 e. The third-order valence-electron chi connectivity index (χ3n) is 2.04. The maximum absolute atomic E-state index is 11.2. The second-order valence-electron chi connectivity index (χ2n) is 3.86. The lowest BCUT2D eigenvalue weighted by molar-refractivity contribution is -0.145. The molecule has 2 unspecified atom stereocenters. The molecule has 6 heteroatoms. The summed E-state index contributed by atoms with van der Waals surface area (Å²) in [4.78, 5) is 22.4. The summed E-state index contributed by atoms with van der Waals surface area (Å²) in [5, 5.41) is 0. The molecule has 0 saturated heterocycles. The molecule has 0 rings (SSSR count). The summed E-state index contributed by atoms with van der Waals surface area (Å²) in [7, 11) is 0. The van der Waals surface area contributed by atoms with Gasteiger partial charge in [-0.05, 0) is 12.8 Å². The van der Waals surface area contributed by atoms with Crippen molar-refractivity contribution in [3.63, 3.8) is 0 Å². The van der Waals surface area contributed by atoms with E-state index in [0.29, 0.717) is 12.8 Å². The molecule has 2 atom stereocenters. The predicted octanol–water partition coefficient (Wildman–Crippen LogP) is 0.799. The number of carbonyl (C=O) groups is 2. The standard InChI is InChI=1S/C12H22N2O4/c1-3-5-9(13)17-11(15)7-8-12(16)18-10(14)6-4-2/h7-10H,3-6,13-14H2,1-2H3/b8-7+. The first kappa shape index (κ1) is 16.6. The van der Waals surface area contributed by atoms with Crippen LogP contribution in [-0.2, 0) is 19.1 Å². The van der Waals surface area contributed by atoms with Gasteiger partial charge >= 0.3 is 11.9 Å². The molecule has 0 heterocycles. The highest BCUT2D eigenvalue weighted by molar-refractivity contribution is 5.91. The minimum atomic E-state index is -0.669. The van der Waals surface area contributed by atoms with Crippen LogP contribution in [-0.4, -0.2) is 24.4 Å². The Bertz CT molecular complexity index is 264. The van der Waals surface area contributed by atoms with E-state index in [1.54, 1.807) is 0 Å². The van der Waals surface area contributed by atoms with Gasteiger partial charge in [0.25, 0.3) is 0 Å². The molecule has 6 nitrogen and oxygen atoms in total. The Balaban J connectivity index is 3.98. The second kappa shape index (κ2) is 9.61. The minimum absolute atomic E-state index is 0.575. The molecule has 0 aromatic carbocycles. The van der Waals surface area contributed by atoms with Gasteiger partial charge in [0.05, 0.1) is 0 Å². The molecule has 0 spiro atoms. The fraction of sp³-hybridized carbons (Fsp3) is 0.667. The maximum atomic E-state index is 11.2. The molecule has 0 aliphatic carbocycles. The Morgan fingerprint density at radius 1 is 0.944 bits per heavy atom. The summed E-state index contributed by atoms with van der Waals surface area (Å²) in [5.74, 6) is -1.34. The number of esters is 2. The zero-order valence-corrected chi connectivity index (χ0v) is 10.9. The number of hydrogen-bond acceptors (Lipinski definition) is 6. The van der Waals surface area contributed by atoms with E-state index >= 15 is 0 Å². The smallest absolute Gasteiger partial charge is 0.332 e. The van der Waals surface area contributed by atoms with Gasteiger partial charge in [-0.1, -0.05) is 26.7 Å². The first-order chi connectivity index (χ1) is 8.49. The van der Waals surface area contributed by atoms with Gasteiger partial charge in [0, 0.05) is 12.2 Å². The lowest BCUT2D eigenvalue weighted by atomic mass is 10.3. The summed E-state index contributed by atoms with van der Waals surface area (Å²) < 4.78 is 9.61. The Morgan fingerprint density at radius 2 is 1.28 bits per heavy atom. The van der Waals surface area contributed by atoms with E-state index in [9.17, 15) is 9.59 Å². The molecular formula is C12H22N2O4. The van der Waals surface area contributed by atoms with Gasteiger partial charge in [-0.2, -0.15) is 0 Å². The van der Waals surface area contributed by atoms with Gasteiger partial charge < -0.3 is 9.47 Å². The van der Waals surface area contributed by atoms with E-state index in [1.807, 2.05) is 13.8 Å². The molecule has 18 heavy (non-hydrogen) atoms. The molecular weight excluding hydrogens is 236 g/mol. The zero-order chi connectivity index (χ0) is 14.0. The highest BCUT2D eigenvalue weighted by Crippen LogP contribution is 1.98. The monoisotopic (exact) mass is 258 g/mol. The van der Waals surface area contributed by atoms with Crippen molar-refractivity contribution in [2.45, 2.75) is 52.0 Å². The van der Waals surface area contributed by atoms with Crippen molar-refractivity contribution >= 4 is 11.9 Å². The second-order valence-corrected chi connectivity index (χ2v) is 3.86.